The molecule has 0 bridgehead atoms. The molecule has 13 heavy (non-hydrogen) atoms. The van der Waals surface area contributed by atoms with Gasteiger partial charge in [-0.1, -0.05) is 0 Å². The zero-order valence-electron chi connectivity index (χ0n) is 6.47. The third kappa shape index (κ3) is 1.47. The molecule has 0 spiro atoms. The molecular formula is C7H4F3NO2. The highest BCUT2D eigenvalue weighted by molar-refractivity contribution is 5.37. The van der Waals surface area contributed by atoms with Crippen LogP contribution in [0.5, 0.6) is 0 Å². The summed E-state index contributed by atoms with van der Waals surface area (Å²) in [6, 6.07) is 0.220. The molecule has 0 radical (unpaired) electrons. The SMILES string of the molecule is Cc1c(F)c(F)cc([N+](=O)[O-])c1F. The number of benzene rings is 1. The topological polar surface area (TPSA) is 43.1 Å². The third-order valence-electron chi connectivity index (χ3n) is 1.55. The van der Waals surface area contributed by atoms with Crippen LogP contribution in [-0.4, -0.2) is 4.92 Å². The second-order valence-electron chi connectivity index (χ2n) is 2.39. The van der Waals surface area contributed by atoms with Crippen LogP contribution >= 0.6 is 0 Å². The van der Waals surface area contributed by atoms with E-state index in [9.17, 15) is 23.3 Å². The Hall–Kier alpha value is -1.59. The Balaban J connectivity index is 3.50. The molecule has 0 aliphatic rings. The fourth-order valence-electron chi connectivity index (χ4n) is 0.847. The average Bonchev–Trinajstić information content (AvgIpc) is 2.07. The highest BCUT2D eigenvalue weighted by Gasteiger charge is 2.22. The smallest absolute Gasteiger partial charge is 0.258 e. The highest BCUT2D eigenvalue weighted by atomic mass is 19.2. The molecule has 1 rings (SSSR count). The maximum Gasteiger partial charge on any atom is 0.308 e. The van der Waals surface area contributed by atoms with Gasteiger partial charge in [0, 0.05) is 5.56 Å². The molecule has 1 aromatic rings. The summed E-state index contributed by atoms with van der Waals surface area (Å²) >= 11 is 0. The van der Waals surface area contributed by atoms with Crippen molar-refractivity contribution in [2.45, 2.75) is 6.92 Å². The molecular weight excluding hydrogens is 187 g/mol. The third-order valence-corrected chi connectivity index (χ3v) is 1.55. The zero-order chi connectivity index (χ0) is 10.2. The Labute approximate surface area is 70.9 Å². The number of halogens is 3. The molecule has 0 aromatic heterocycles. The van der Waals surface area contributed by atoms with Gasteiger partial charge in [-0.05, 0) is 6.92 Å². The van der Waals surface area contributed by atoms with E-state index in [1.807, 2.05) is 0 Å². The molecule has 1 aromatic carbocycles. The largest absolute Gasteiger partial charge is 0.308 e. The average molecular weight is 191 g/mol. The Morgan fingerprint density at radius 1 is 1.31 bits per heavy atom. The summed E-state index contributed by atoms with van der Waals surface area (Å²) in [6.07, 6.45) is 0. The number of hydrogen-bond acceptors (Lipinski definition) is 2. The molecule has 0 saturated carbocycles. The minimum atomic E-state index is -1.43. The predicted molar refractivity (Wildman–Crippen MR) is 37.7 cm³/mol. The van der Waals surface area contributed by atoms with Crippen molar-refractivity contribution in [1.82, 2.24) is 0 Å². The van der Waals surface area contributed by atoms with Crippen molar-refractivity contribution < 1.29 is 18.1 Å². The van der Waals surface area contributed by atoms with Crippen molar-refractivity contribution in [3.8, 4) is 0 Å². The molecule has 0 aliphatic carbocycles. The summed E-state index contributed by atoms with van der Waals surface area (Å²) < 4.78 is 38.0. The van der Waals surface area contributed by atoms with E-state index in [0.717, 1.165) is 6.92 Å². The van der Waals surface area contributed by atoms with Gasteiger partial charge in [0.05, 0.1) is 11.0 Å². The van der Waals surface area contributed by atoms with Crippen LogP contribution in [0.2, 0.25) is 0 Å². The fraction of sp³-hybridized carbons (Fsp3) is 0.143. The quantitative estimate of drug-likeness (QED) is 0.388. The number of nitro benzene ring substituents is 1. The van der Waals surface area contributed by atoms with E-state index in [0.29, 0.717) is 0 Å². The number of nitrogens with zero attached hydrogens (tertiary/aromatic N) is 1. The minimum absolute atomic E-state index is 0.220. The first-order chi connectivity index (χ1) is 5.95. The van der Waals surface area contributed by atoms with Crippen LogP contribution < -0.4 is 0 Å². The van der Waals surface area contributed by atoms with Crippen LogP contribution in [-0.2, 0) is 0 Å². The van der Waals surface area contributed by atoms with Gasteiger partial charge in [-0.15, -0.1) is 0 Å². The molecule has 6 heteroatoms. The fourth-order valence-corrected chi connectivity index (χ4v) is 0.847. The maximum atomic E-state index is 12.8. The van der Waals surface area contributed by atoms with E-state index in [1.54, 1.807) is 0 Å². The second kappa shape index (κ2) is 3.04. The van der Waals surface area contributed by atoms with Crippen LogP contribution in [0.4, 0.5) is 18.9 Å². The van der Waals surface area contributed by atoms with Gasteiger partial charge in [-0.25, -0.2) is 8.78 Å². The first-order valence-electron chi connectivity index (χ1n) is 3.23. The molecule has 0 amide bonds. The van der Waals surface area contributed by atoms with Gasteiger partial charge in [0.25, 0.3) is 0 Å². The van der Waals surface area contributed by atoms with Crippen molar-refractivity contribution >= 4 is 5.69 Å². The Bertz CT molecular complexity index is 378. The molecule has 0 aliphatic heterocycles. The van der Waals surface area contributed by atoms with E-state index in [-0.39, 0.29) is 6.07 Å². The van der Waals surface area contributed by atoms with Crippen molar-refractivity contribution in [3.63, 3.8) is 0 Å². The van der Waals surface area contributed by atoms with Gasteiger partial charge in [0.1, 0.15) is 0 Å². The first-order valence-corrected chi connectivity index (χ1v) is 3.23. The molecule has 0 atom stereocenters. The van der Waals surface area contributed by atoms with E-state index in [4.69, 9.17) is 0 Å². The maximum absolute atomic E-state index is 12.8. The number of nitro groups is 1. The summed E-state index contributed by atoms with van der Waals surface area (Å²) in [4.78, 5) is 9.01. The lowest BCUT2D eigenvalue weighted by atomic mass is 10.2. The molecule has 0 N–H and O–H groups in total. The van der Waals surface area contributed by atoms with Crippen LogP contribution in [0, 0.1) is 34.5 Å². The number of rotatable bonds is 1. The van der Waals surface area contributed by atoms with Gasteiger partial charge in [-0.3, -0.25) is 10.1 Å². The van der Waals surface area contributed by atoms with Gasteiger partial charge >= 0.3 is 5.69 Å². The molecule has 0 fully saturated rings. The standard InChI is InChI=1S/C7H4F3NO2/c1-3-6(9)4(8)2-5(7(3)10)11(12)13/h2H,1H3. The number of hydrogen-bond donors (Lipinski definition) is 0. The van der Waals surface area contributed by atoms with E-state index in [1.165, 1.54) is 0 Å². The van der Waals surface area contributed by atoms with E-state index >= 15 is 0 Å². The van der Waals surface area contributed by atoms with Crippen LogP contribution in [0.15, 0.2) is 6.07 Å². The lowest BCUT2D eigenvalue weighted by Gasteiger charge is -2.00. The molecule has 0 unspecified atom stereocenters. The minimum Gasteiger partial charge on any atom is -0.258 e. The van der Waals surface area contributed by atoms with Crippen molar-refractivity contribution in [2.75, 3.05) is 0 Å². The summed E-state index contributed by atoms with van der Waals surface area (Å²) in [5.74, 6) is -4.17. The second-order valence-corrected chi connectivity index (χ2v) is 2.39. The van der Waals surface area contributed by atoms with Crippen molar-refractivity contribution in [3.05, 3.63) is 39.2 Å². The lowest BCUT2D eigenvalue weighted by Crippen LogP contribution is -2.00. The molecule has 0 saturated heterocycles. The van der Waals surface area contributed by atoms with Crippen LogP contribution in [0.3, 0.4) is 0 Å². The van der Waals surface area contributed by atoms with Crippen molar-refractivity contribution in [2.24, 2.45) is 0 Å². The predicted octanol–water partition coefficient (Wildman–Crippen LogP) is 2.32. The van der Waals surface area contributed by atoms with E-state index in [2.05, 4.69) is 0 Å². The Morgan fingerprint density at radius 3 is 2.31 bits per heavy atom. The highest BCUT2D eigenvalue weighted by Crippen LogP contribution is 2.24. The molecule has 70 valence electrons. The van der Waals surface area contributed by atoms with Gasteiger partial charge in [0.2, 0.25) is 5.82 Å². The summed E-state index contributed by atoms with van der Waals surface area (Å²) in [7, 11) is 0. The van der Waals surface area contributed by atoms with Gasteiger partial charge < -0.3 is 0 Å². The summed E-state index contributed by atoms with van der Waals surface area (Å²) in [5, 5.41) is 10.1. The van der Waals surface area contributed by atoms with Gasteiger partial charge in [0.15, 0.2) is 11.6 Å². The van der Waals surface area contributed by atoms with Crippen LogP contribution in [0.25, 0.3) is 0 Å². The summed E-state index contributed by atoms with van der Waals surface area (Å²) in [5.41, 5.74) is -1.75. The normalized spacial score (nSPS) is 10.2. The van der Waals surface area contributed by atoms with Crippen LogP contribution in [0.1, 0.15) is 5.56 Å². The monoisotopic (exact) mass is 191 g/mol. The van der Waals surface area contributed by atoms with Gasteiger partial charge in [-0.2, -0.15) is 4.39 Å². The zero-order valence-corrected chi connectivity index (χ0v) is 6.47. The van der Waals surface area contributed by atoms with E-state index < -0.39 is 33.6 Å². The summed E-state index contributed by atoms with van der Waals surface area (Å²) in [6.45, 7) is 0.931. The Kier molecular flexibility index (Phi) is 2.22. The molecule has 0 heterocycles. The molecule has 3 nitrogen and oxygen atoms in total. The first kappa shape index (κ1) is 9.50. The van der Waals surface area contributed by atoms with Crippen molar-refractivity contribution in [1.29, 1.82) is 0 Å². The lowest BCUT2D eigenvalue weighted by molar-refractivity contribution is -0.387. The Morgan fingerprint density at radius 2 is 1.85 bits per heavy atom.